The third-order valence-electron chi connectivity index (χ3n) is 2.97. The molecule has 0 bridgehead atoms. The predicted molar refractivity (Wildman–Crippen MR) is 81.8 cm³/mol. The molecule has 5 heteroatoms. The first-order chi connectivity index (χ1) is 9.87. The van der Waals surface area contributed by atoms with Crippen LogP contribution in [-0.2, 0) is 11.2 Å². The fourth-order valence-electron chi connectivity index (χ4n) is 1.87. The van der Waals surface area contributed by atoms with Gasteiger partial charge in [0.25, 0.3) is 0 Å². The normalized spacial score (nSPS) is 11.5. The van der Waals surface area contributed by atoms with E-state index in [4.69, 9.17) is 14.2 Å². The predicted octanol–water partition coefficient (Wildman–Crippen LogP) is 2.79. The first kappa shape index (κ1) is 17.7. The highest BCUT2D eigenvalue weighted by Crippen LogP contribution is 2.29. The van der Waals surface area contributed by atoms with Gasteiger partial charge < -0.3 is 19.5 Å². The van der Waals surface area contributed by atoms with E-state index in [0.717, 1.165) is 6.54 Å². The molecule has 0 aromatic heterocycles. The molecule has 0 amide bonds. The number of methoxy groups -OCH3 is 2. The van der Waals surface area contributed by atoms with Crippen LogP contribution in [0.1, 0.15) is 26.3 Å². The molecular weight excluding hydrogens is 273 g/mol. The lowest BCUT2D eigenvalue weighted by molar-refractivity contribution is 0.133. The first-order valence-corrected chi connectivity index (χ1v) is 7.10. The van der Waals surface area contributed by atoms with E-state index in [1.165, 1.54) is 20.3 Å². The van der Waals surface area contributed by atoms with Crippen molar-refractivity contribution in [3.63, 3.8) is 0 Å². The van der Waals surface area contributed by atoms with E-state index in [0.29, 0.717) is 36.7 Å². The minimum atomic E-state index is -0.302. The topological polar surface area (TPSA) is 39.7 Å². The van der Waals surface area contributed by atoms with Crippen LogP contribution in [0, 0.1) is 5.82 Å². The van der Waals surface area contributed by atoms with Gasteiger partial charge in [0.15, 0.2) is 11.5 Å². The standard InChI is InChI=1S/C16H26FNO3/c1-16(2,3)18-7-9-21-8-6-12-10-14(19-4)15(20-5)11-13(12)17/h10-11,18H,6-9H2,1-5H3. The van der Waals surface area contributed by atoms with Crippen LogP contribution in [0.15, 0.2) is 12.1 Å². The smallest absolute Gasteiger partial charge is 0.163 e. The highest BCUT2D eigenvalue weighted by Gasteiger charge is 2.11. The van der Waals surface area contributed by atoms with Crippen molar-refractivity contribution in [3.05, 3.63) is 23.5 Å². The van der Waals surface area contributed by atoms with E-state index in [9.17, 15) is 4.39 Å². The highest BCUT2D eigenvalue weighted by molar-refractivity contribution is 5.43. The van der Waals surface area contributed by atoms with Crippen molar-refractivity contribution >= 4 is 0 Å². The molecular formula is C16H26FNO3. The van der Waals surface area contributed by atoms with Gasteiger partial charge in [0, 0.05) is 18.2 Å². The molecule has 1 aromatic carbocycles. The van der Waals surface area contributed by atoms with E-state index in [1.807, 2.05) is 0 Å². The van der Waals surface area contributed by atoms with Crippen molar-refractivity contribution in [2.75, 3.05) is 34.0 Å². The Morgan fingerprint density at radius 3 is 2.24 bits per heavy atom. The van der Waals surface area contributed by atoms with Crippen molar-refractivity contribution in [2.45, 2.75) is 32.7 Å². The number of hydrogen-bond donors (Lipinski definition) is 1. The number of nitrogens with one attached hydrogen (secondary N) is 1. The Morgan fingerprint density at radius 2 is 1.67 bits per heavy atom. The molecule has 0 aliphatic heterocycles. The van der Waals surface area contributed by atoms with Crippen molar-refractivity contribution in [1.82, 2.24) is 5.32 Å². The van der Waals surface area contributed by atoms with Crippen LogP contribution in [-0.4, -0.2) is 39.5 Å². The van der Waals surface area contributed by atoms with Crippen molar-refractivity contribution in [3.8, 4) is 11.5 Å². The van der Waals surface area contributed by atoms with Crippen LogP contribution in [0.5, 0.6) is 11.5 Å². The molecule has 0 aliphatic carbocycles. The lowest BCUT2D eigenvalue weighted by Gasteiger charge is -2.20. The molecule has 0 radical (unpaired) electrons. The molecule has 0 saturated heterocycles. The van der Waals surface area contributed by atoms with E-state index >= 15 is 0 Å². The summed E-state index contributed by atoms with van der Waals surface area (Å²) in [6.07, 6.45) is 0.502. The van der Waals surface area contributed by atoms with Gasteiger partial charge in [0.1, 0.15) is 5.82 Å². The van der Waals surface area contributed by atoms with Crippen LogP contribution in [0.25, 0.3) is 0 Å². The summed E-state index contributed by atoms with van der Waals surface area (Å²) in [5, 5.41) is 3.33. The molecule has 0 aliphatic rings. The molecule has 120 valence electrons. The Bertz CT molecular complexity index is 444. The van der Waals surface area contributed by atoms with Gasteiger partial charge in [-0.2, -0.15) is 0 Å². The Balaban J connectivity index is 2.42. The van der Waals surface area contributed by atoms with Crippen LogP contribution in [0.2, 0.25) is 0 Å². The maximum Gasteiger partial charge on any atom is 0.163 e. The Hall–Kier alpha value is -1.33. The van der Waals surface area contributed by atoms with Crippen LogP contribution in [0.4, 0.5) is 4.39 Å². The van der Waals surface area contributed by atoms with E-state index in [1.54, 1.807) is 6.07 Å². The second-order valence-electron chi connectivity index (χ2n) is 5.84. The average molecular weight is 299 g/mol. The number of rotatable bonds is 8. The van der Waals surface area contributed by atoms with Gasteiger partial charge in [0.05, 0.1) is 27.4 Å². The van der Waals surface area contributed by atoms with E-state index in [-0.39, 0.29) is 11.4 Å². The van der Waals surface area contributed by atoms with Gasteiger partial charge in [-0.05, 0) is 38.8 Å². The minimum absolute atomic E-state index is 0.0822. The Labute approximate surface area is 126 Å². The largest absolute Gasteiger partial charge is 0.493 e. The highest BCUT2D eigenvalue weighted by atomic mass is 19.1. The third kappa shape index (κ3) is 6.31. The minimum Gasteiger partial charge on any atom is -0.493 e. The maximum atomic E-state index is 13.9. The lowest BCUT2D eigenvalue weighted by Crippen LogP contribution is -2.38. The van der Waals surface area contributed by atoms with Crippen LogP contribution >= 0.6 is 0 Å². The maximum absolute atomic E-state index is 13.9. The Morgan fingerprint density at radius 1 is 1.05 bits per heavy atom. The second-order valence-corrected chi connectivity index (χ2v) is 5.84. The van der Waals surface area contributed by atoms with Gasteiger partial charge in [-0.3, -0.25) is 0 Å². The first-order valence-electron chi connectivity index (χ1n) is 7.10. The zero-order chi connectivity index (χ0) is 15.9. The summed E-state index contributed by atoms with van der Waals surface area (Å²) in [6.45, 7) is 8.16. The molecule has 0 saturated carbocycles. The quantitative estimate of drug-likeness (QED) is 0.749. The molecule has 0 fully saturated rings. The van der Waals surface area contributed by atoms with Crippen molar-refractivity contribution in [1.29, 1.82) is 0 Å². The summed E-state index contributed by atoms with van der Waals surface area (Å²) in [5.74, 6) is 0.626. The van der Waals surface area contributed by atoms with Crippen LogP contribution < -0.4 is 14.8 Å². The molecule has 1 aromatic rings. The number of benzene rings is 1. The summed E-state index contributed by atoms with van der Waals surface area (Å²) in [7, 11) is 3.02. The summed E-state index contributed by atoms with van der Waals surface area (Å²) in [4.78, 5) is 0. The molecule has 0 unspecified atom stereocenters. The summed E-state index contributed by atoms with van der Waals surface area (Å²) in [5.41, 5.74) is 0.648. The fraction of sp³-hybridized carbons (Fsp3) is 0.625. The summed E-state index contributed by atoms with van der Waals surface area (Å²) >= 11 is 0. The van der Waals surface area contributed by atoms with Gasteiger partial charge in [-0.15, -0.1) is 0 Å². The monoisotopic (exact) mass is 299 g/mol. The van der Waals surface area contributed by atoms with Crippen molar-refractivity contribution < 1.29 is 18.6 Å². The van der Waals surface area contributed by atoms with Gasteiger partial charge >= 0.3 is 0 Å². The molecule has 0 spiro atoms. The molecule has 0 heterocycles. The molecule has 21 heavy (non-hydrogen) atoms. The summed E-state index contributed by atoms with van der Waals surface area (Å²) in [6, 6.07) is 3.00. The molecule has 1 rings (SSSR count). The lowest BCUT2D eigenvalue weighted by atomic mass is 10.1. The SMILES string of the molecule is COc1cc(F)c(CCOCCNC(C)(C)C)cc1OC. The summed E-state index contributed by atoms with van der Waals surface area (Å²) < 4.78 is 29.6. The second kappa shape index (κ2) is 8.20. The van der Waals surface area contributed by atoms with Crippen molar-refractivity contribution in [2.24, 2.45) is 0 Å². The number of halogens is 1. The zero-order valence-electron chi connectivity index (χ0n) is 13.6. The number of hydrogen-bond acceptors (Lipinski definition) is 4. The third-order valence-corrected chi connectivity index (χ3v) is 2.97. The van der Waals surface area contributed by atoms with Gasteiger partial charge in [-0.1, -0.05) is 0 Å². The number of ether oxygens (including phenoxy) is 3. The zero-order valence-corrected chi connectivity index (χ0v) is 13.6. The van der Waals surface area contributed by atoms with E-state index < -0.39 is 0 Å². The average Bonchev–Trinajstić information content (AvgIpc) is 2.42. The fourth-order valence-corrected chi connectivity index (χ4v) is 1.87. The van der Waals surface area contributed by atoms with Gasteiger partial charge in [-0.25, -0.2) is 4.39 Å². The molecule has 0 atom stereocenters. The molecule has 4 nitrogen and oxygen atoms in total. The Kier molecular flexibility index (Phi) is 6.92. The molecule has 1 N–H and O–H groups in total. The van der Waals surface area contributed by atoms with Gasteiger partial charge in [0.2, 0.25) is 0 Å². The van der Waals surface area contributed by atoms with Crippen LogP contribution in [0.3, 0.4) is 0 Å². The van der Waals surface area contributed by atoms with E-state index in [2.05, 4.69) is 26.1 Å².